The van der Waals surface area contributed by atoms with E-state index in [1.165, 1.54) is 38.1 Å². The van der Waals surface area contributed by atoms with Gasteiger partial charge in [0, 0.05) is 18.6 Å². The molecule has 0 spiro atoms. The Bertz CT molecular complexity index is 1970. The molecular formula is C43H67N9O15S. The third kappa shape index (κ3) is 21.0. The van der Waals surface area contributed by atoms with Gasteiger partial charge in [-0.05, 0) is 62.1 Å². The van der Waals surface area contributed by atoms with Crippen molar-refractivity contribution in [2.75, 3.05) is 5.75 Å². The number of carbonyl (C=O) groups excluding carboxylic acids is 8. The highest BCUT2D eigenvalue weighted by atomic mass is 32.1. The monoisotopic (exact) mass is 981 g/mol. The molecule has 9 atom stereocenters. The Morgan fingerprint density at radius 3 is 1.44 bits per heavy atom. The summed E-state index contributed by atoms with van der Waals surface area (Å²) in [5, 5.41) is 57.4. The lowest BCUT2D eigenvalue weighted by molar-refractivity contribution is -0.144. The predicted octanol–water partition coefficient (Wildman–Crippen LogP) is -2.11. The van der Waals surface area contributed by atoms with Gasteiger partial charge in [0.05, 0.1) is 12.5 Å². The van der Waals surface area contributed by atoms with Crippen molar-refractivity contribution in [3.63, 3.8) is 0 Å². The smallest absolute Gasteiger partial charge is 0.326 e. The number of carboxylic acids is 3. The van der Waals surface area contributed by atoms with E-state index in [0.717, 1.165) is 0 Å². The molecule has 380 valence electrons. The number of benzene rings is 1. The lowest BCUT2D eigenvalue weighted by Gasteiger charge is -2.28. The van der Waals surface area contributed by atoms with E-state index < -0.39 is 151 Å². The van der Waals surface area contributed by atoms with Crippen molar-refractivity contribution in [1.29, 1.82) is 0 Å². The Balaban J connectivity index is 3.21. The van der Waals surface area contributed by atoms with Crippen LogP contribution in [-0.4, -0.2) is 146 Å². The van der Waals surface area contributed by atoms with Crippen LogP contribution in [0.2, 0.25) is 0 Å². The van der Waals surface area contributed by atoms with Crippen LogP contribution in [0.25, 0.3) is 0 Å². The van der Waals surface area contributed by atoms with E-state index in [9.17, 15) is 73.2 Å². The fourth-order valence-electron chi connectivity index (χ4n) is 6.24. The van der Waals surface area contributed by atoms with Crippen LogP contribution < -0.4 is 48.3 Å². The topological polar surface area (TPSA) is 391 Å². The quantitative estimate of drug-likeness (QED) is 0.0382. The Labute approximate surface area is 399 Å². The van der Waals surface area contributed by atoms with Crippen molar-refractivity contribution in [2.24, 2.45) is 23.5 Å². The fraction of sp³-hybridized carbons (Fsp3) is 0.605. The van der Waals surface area contributed by atoms with Gasteiger partial charge in [-0.3, -0.25) is 47.9 Å². The van der Waals surface area contributed by atoms with Crippen LogP contribution in [0.3, 0.4) is 0 Å². The number of amides is 8. The number of carboxylic acid groups (broad SMARTS) is 3. The molecule has 14 N–H and O–H groups in total. The first kappa shape index (κ1) is 59.5. The van der Waals surface area contributed by atoms with E-state index in [-0.39, 0.29) is 30.3 Å². The molecule has 1 aromatic carbocycles. The molecule has 0 radical (unpaired) electrons. The van der Waals surface area contributed by atoms with Gasteiger partial charge in [-0.15, -0.1) is 0 Å². The van der Waals surface area contributed by atoms with Gasteiger partial charge in [-0.25, -0.2) is 4.79 Å². The third-order valence-electron chi connectivity index (χ3n) is 10.1. The van der Waals surface area contributed by atoms with Crippen molar-refractivity contribution in [1.82, 2.24) is 42.5 Å². The van der Waals surface area contributed by atoms with Gasteiger partial charge in [0.25, 0.3) is 0 Å². The van der Waals surface area contributed by atoms with E-state index >= 15 is 0 Å². The number of aromatic hydroxyl groups is 1. The zero-order chi connectivity index (χ0) is 52.2. The maximum absolute atomic E-state index is 13.7. The van der Waals surface area contributed by atoms with E-state index in [1.54, 1.807) is 41.5 Å². The highest BCUT2D eigenvalue weighted by Crippen LogP contribution is 2.13. The van der Waals surface area contributed by atoms with Crippen molar-refractivity contribution < 1.29 is 73.2 Å². The van der Waals surface area contributed by atoms with Crippen molar-refractivity contribution in [3.8, 4) is 5.75 Å². The molecule has 0 aliphatic heterocycles. The van der Waals surface area contributed by atoms with Crippen LogP contribution in [0.1, 0.15) is 86.6 Å². The molecule has 0 bridgehead atoms. The zero-order valence-corrected chi connectivity index (χ0v) is 40.2. The summed E-state index contributed by atoms with van der Waals surface area (Å²) < 4.78 is 0. The number of thiol groups is 1. The van der Waals surface area contributed by atoms with Gasteiger partial charge in [0.1, 0.15) is 54.1 Å². The second-order valence-electron chi connectivity index (χ2n) is 17.3. The Hall–Kier alpha value is -6.50. The number of hydrogen-bond donors (Lipinski definition) is 14. The molecule has 0 aliphatic rings. The summed E-state index contributed by atoms with van der Waals surface area (Å²) >= 11 is 4.14. The molecule has 0 heterocycles. The lowest BCUT2D eigenvalue weighted by atomic mass is 10.0. The molecule has 1 aromatic rings. The molecule has 25 heteroatoms. The molecular weight excluding hydrogens is 915 g/mol. The van der Waals surface area contributed by atoms with Gasteiger partial charge in [0.15, 0.2) is 0 Å². The summed E-state index contributed by atoms with van der Waals surface area (Å²) in [6.07, 6.45) is -2.35. The maximum atomic E-state index is 13.7. The summed E-state index contributed by atoms with van der Waals surface area (Å²) in [6, 6.07) is -7.12. The van der Waals surface area contributed by atoms with Crippen molar-refractivity contribution in [3.05, 3.63) is 29.8 Å². The average Bonchev–Trinajstić information content (AvgIpc) is 3.23. The number of phenols is 1. The summed E-state index contributed by atoms with van der Waals surface area (Å²) in [5.74, 6) is -13.4. The van der Waals surface area contributed by atoms with Gasteiger partial charge in [-0.2, -0.15) is 12.6 Å². The maximum Gasteiger partial charge on any atom is 0.326 e. The normalized spacial score (nSPS) is 15.1. The standard InChI is InChI=1S/C43H67N9O15S/c1-19(2)15-27(38(61)48-28(17-32(56)57)39(62)49-29(43(66)67)16-24-9-11-25(53)12-10-24)47-36(59)23(8)45-41(64)33(20(3)4)52-37(60)26(13-14-31(54)55)46-40(63)30(18-68)50-42(65)34(21(5)6)51-35(58)22(7)44/h9-12,19-23,26-30,33-34,53,68H,13-18,44H2,1-8H3,(H,45,64)(H,46,63)(H,47,59)(H,48,61)(H,49,62)(H,50,65)(H,51,58)(H,52,60)(H,54,55)(H,56,57)(H,66,67)/t22-,23-,26-,27-,28-,29-,30-,33-,34-/m0/s1. The molecule has 24 nitrogen and oxygen atoms in total. The van der Waals surface area contributed by atoms with Crippen LogP contribution >= 0.6 is 12.6 Å². The molecule has 68 heavy (non-hydrogen) atoms. The summed E-state index contributed by atoms with van der Waals surface area (Å²) in [5.41, 5.74) is 6.02. The van der Waals surface area contributed by atoms with Crippen LogP contribution in [0, 0.1) is 17.8 Å². The van der Waals surface area contributed by atoms with Crippen LogP contribution in [0.4, 0.5) is 0 Å². The molecule has 0 saturated carbocycles. The summed E-state index contributed by atoms with van der Waals surface area (Å²) in [7, 11) is 0. The Kier molecular flexibility index (Phi) is 25.1. The number of nitrogens with one attached hydrogen (secondary N) is 8. The van der Waals surface area contributed by atoms with Gasteiger partial charge in [-0.1, -0.05) is 53.7 Å². The highest BCUT2D eigenvalue weighted by Gasteiger charge is 2.36. The second-order valence-corrected chi connectivity index (χ2v) is 17.7. The highest BCUT2D eigenvalue weighted by molar-refractivity contribution is 7.80. The lowest BCUT2D eigenvalue weighted by Crippen LogP contribution is -2.61. The fourth-order valence-corrected chi connectivity index (χ4v) is 6.49. The zero-order valence-electron chi connectivity index (χ0n) is 39.3. The van der Waals surface area contributed by atoms with Gasteiger partial charge >= 0.3 is 17.9 Å². The minimum Gasteiger partial charge on any atom is -0.508 e. The van der Waals surface area contributed by atoms with E-state index in [2.05, 4.69) is 55.2 Å². The van der Waals surface area contributed by atoms with Gasteiger partial charge < -0.3 is 68.7 Å². The SMILES string of the molecule is CC(C)C[C@H](NC(=O)[C@H](C)NC(=O)[C@@H](NC(=O)[C@H](CCC(=O)O)NC(=O)[C@H](CS)NC(=O)[C@@H](NC(=O)[C@H](C)N)C(C)C)C(C)C)C(=O)N[C@@H](CC(=O)O)C(=O)N[C@@H](Cc1ccc(O)cc1)C(=O)O. The molecule has 0 aromatic heterocycles. The summed E-state index contributed by atoms with van der Waals surface area (Å²) in [4.78, 5) is 142. The molecule has 1 rings (SSSR count). The molecule has 8 amide bonds. The number of hydrogen-bond acceptors (Lipinski definition) is 14. The molecule has 0 fully saturated rings. The van der Waals surface area contributed by atoms with Crippen LogP contribution in [0.15, 0.2) is 24.3 Å². The summed E-state index contributed by atoms with van der Waals surface area (Å²) in [6.45, 7) is 12.4. The number of carbonyl (C=O) groups is 11. The third-order valence-corrected chi connectivity index (χ3v) is 10.5. The largest absolute Gasteiger partial charge is 0.508 e. The first-order valence-electron chi connectivity index (χ1n) is 21.8. The van der Waals surface area contributed by atoms with E-state index in [1.807, 2.05) is 0 Å². The predicted molar refractivity (Wildman–Crippen MR) is 246 cm³/mol. The molecule has 0 saturated heterocycles. The Morgan fingerprint density at radius 2 is 0.971 bits per heavy atom. The first-order valence-corrected chi connectivity index (χ1v) is 22.4. The minimum atomic E-state index is -1.80. The minimum absolute atomic E-state index is 0.0490. The van der Waals surface area contributed by atoms with E-state index in [4.69, 9.17) is 5.73 Å². The van der Waals surface area contributed by atoms with Crippen molar-refractivity contribution >= 4 is 77.8 Å². The first-order chi connectivity index (χ1) is 31.6. The number of nitrogens with two attached hydrogens (primary N) is 1. The van der Waals surface area contributed by atoms with Crippen molar-refractivity contribution in [2.45, 2.75) is 142 Å². The van der Waals surface area contributed by atoms with Crippen LogP contribution in [0.5, 0.6) is 5.75 Å². The second kappa shape index (κ2) is 28.6. The Morgan fingerprint density at radius 1 is 0.529 bits per heavy atom. The van der Waals surface area contributed by atoms with E-state index in [0.29, 0.717) is 5.56 Å². The average molecular weight is 982 g/mol. The van der Waals surface area contributed by atoms with Crippen LogP contribution in [-0.2, 0) is 59.2 Å². The molecule has 0 aliphatic carbocycles. The number of aliphatic carboxylic acids is 3. The number of rotatable bonds is 29. The number of phenolic OH excluding ortho intramolecular Hbond substituents is 1. The van der Waals surface area contributed by atoms with Gasteiger partial charge in [0.2, 0.25) is 47.3 Å². The molecule has 0 unspecified atom stereocenters.